The molecule has 0 aliphatic carbocycles. The maximum atomic E-state index is 12.9. The van der Waals surface area contributed by atoms with Crippen LogP contribution in [-0.2, 0) is 28.6 Å². The van der Waals surface area contributed by atoms with E-state index in [4.69, 9.17) is 14.2 Å². The summed E-state index contributed by atoms with van der Waals surface area (Å²) < 4.78 is 16.9. The first kappa shape index (κ1) is 78.1. The molecular weight excluding hydrogens is 997 g/mol. The Kier molecular flexibility index (Phi) is 67.1. The molecule has 0 aliphatic rings. The molecule has 0 aromatic rings. The highest BCUT2D eigenvalue weighted by molar-refractivity contribution is 5.71. The van der Waals surface area contributed by atoms with Gasteiger partial charge in [-0.1, -0.05) is 364 Å². The van der Waals surface area contributed by atoms with Crippen molar-refractivity contribution in [3.63, 3.8) is 0 Å². The molecule has 0 saturated heterocycles. The number of hydrogen-bond donors (Lipinski definition) is 0. The van der Waals surface area contributed by atoms with Crippen LogP contribution >= 0.6 is 0 Å². The summed E-state index contributed by atoms with van der Waals surface area (Å²) in [6, 6.07) is 0. The van der Waals surface area contributed by atoms with Gasteiger partial charge in [0.05, 0.1) is 0 Å². The van der Waals surface area contributed by atoms with E-state index < -0.39 is 6.10 Å². The van der Waals surface area contributed by atoms with Crippen molar-refractivity contribution >= 4 is 17.9 Å². The van der Waals surface area contributed by atoms with Gasteiger partial charge in [-0.3, -0.25) is 14.4 Å². The van der Waals surface area contributed by atoms with Gasteiger partial charge in [0.25, 0.3) is 0 Å². The molecule has 0 fully saturated rings. The maximum absolute atomic E-state index is 12.9. The second-order valence-corrected chi connectivity index (χ2v) is 24.1. The predicted octanol–water partition coefficient (Wildman–Crippen LogP) is 24.7. The number of esters is 3. The molecule has 6 nitrogen and oxygen atoms in total. The predicted molar refractivity (Wildman–Crippen MR) is 353 cm³/mol. The topological polar surface area (TPSA) is 78.9 Å². The molecule has 0 heterocycles. The van der Waals surface area contributed by atoms with Crippen molar-refractivity contribution in [2.24, 2.45) is 0 Å². The number of hydrogen-bond acceptors (Lipinski definition) is 6. The summed E-state index contributed by atoms with van der Waals surface area (Å²) in [4.78, 5) is 38.4. The average molecular weight is 1130 g/mol. The van der Waals surface area contributed by atoms with Crippen LogP contribution in [0.4, 0.5) is 0 Å². The molecule has 81 heavy (non-hydrogen) atoms. The second kappa shape index (κ2) is 69.6. The SMILES string of the molecule is CC/C=C\C/C=C\C/C=C\C/C=C\C/C=C\CCCC(=O)OC(COC(=O)CCCCCCCCCCCCCCCCC)COC(=O)CCCCCCCCCCCCCCCCCCCCCCCCCCCCCCCCC. The monoisotopic (exact) mass is 1130 g/mol. The molecule has 0 spiro atoms. The molecule has 0 rings (SSSR count). The third-order valence-electron chi connectivity index (χ3n) is 16.0. The summed E-state index contributed by atoms with van der Waals surface area (Å²) in [5, 5.41) is 0. The Morgan fingerprint density at radius 1 is 0.259 bits per heavy atom. The van der Waals surface area contributed by atoms with Crippen molar-refractivity contribution in [2.75, 3.05) is 13.2 Å². The number of ether oxygens (including phenoxy) is 3. The Bertz CT molecular complexity index is 1440. The van der Waals surface area contributed by atoms with E-state index in [1.807, 2.05) is 0 Å². The third kappa shape index (κ3) is 67.8. The van der Waals surface area contributed by atoms with Gasteiger partial charge in [0, 0.05) is 19.3 Å². The fraction of sp³-hybridized carbons (Fsp3) is 0.827. The van der Waals surface area contributed by atoms with Gasteiger partial charge in [0.1, 0.15) is 13.2 Å². The minimum atomic E-state index is -0.802. The van der Waals surface area contributed by atoms with Crippen LogP contribution in [0.1, 0.15) is 380 Å². The van der Waals surface area contributed by atoms with Crippen LogP contribution in [0.5, 0.6) is 0 Å². The number of allylic oxidation sites excluding steroid dienone is 10. The van der Waals surface area contributed by atoms with Crippen LogP contribution in [0.25, 0.3) is 0 Å². The molecule has 0 aromatic heterocycles. The van der Waals surface area contributed by atoms with Crippen LogP contribution in [0.15, 0.2) is 60.8 Å². The van der Waals surface area contributed by atoms with Gasteiger partial charge < -0.3 is 14.2 Å². The highest BCUT2D eigenvalue weighted by atomic mass is 16.6. The van der Waals surface area contributed by atoms with E-state index in [9.17, 15) is 14.4 Å². The molecule has 1 atom stereocenters. The van der Waals surface area contributed by atoms with Crippen molar-refractivity contribution in [2.45, 2.75) is 386 Å². The van der Waals surface area contributed by atoms with Gasteiger partial charge in [-0.15, -0.1) is 0 Å². The molecule has 0 bridgehead atoms. The van der Waals surface area contributed by atoms with Crippen LogP contribution < -0.4 is 0 Å². The first-order chi connectivity index (χ1) is 40.0. The molecule has 0 amide bonds. The third-order valence-corrected chi connectivity index (χ3v) is 16.0. The lowest BCUT2D eigenvalue weighted by atomic mass is 10.0. The number of carbonyl (C=O) groups is 3. The van der Waals surface area contributed by atoms with E-state index >= 15 is 0 Å². The van der Waals surface area contributed by atoms with Gasteiger partial charge >= 0.3 is 17.9 Å². The second-order valence-electron chi connectivity index (χ2n) is 24.1. The quantitative estimate of drug-likeness (QED) is 0.0261. The summed E-state index contributed by atoms with van der Waals surface area (Å²) in [6.07, 6.45) is 89.9. The lowest BCUT2D eigenvalue weighted by Crippen LogP contribution is -2.30. The van der Waals surface area contributed by atoms with Crippen LogP contribution in [-0.4, -0.2) is 37.2 Å². The van der Waals surface area contributed by atoms with E-state index in [1.54, 1.807) is 0 Å². The summed E-state index contributed by atoms with van der Waals surface area (Å²) in [6.45, 7) is 6.55. The standard InChI is InChI=1S/C75H136O6/c1-4-7-10-13-16-19-22-25-28-30-31-32-33-34-35-36-37-38-39-40-41-42-43-45-47-50-53-56-59-62-65-68-74(77)80-71-72(70-79-73(76)67-64-61-58-55-52-49-46-27-24-21-18-15-12-9-6-3)81-75(78)69-66-63-60-57-54-51-48-44-29-26-23-20-17-14-11-8-5-2/h8,11,17,20,26,29,48,51,57,60,72H,4-7,9-10,12-16,18-19,21-25,27-28,30-47,49-50,52-56,58-59,61-71H2,1-3H3/b11-8-,20-17-,29-26-,51-48-,60-57-. The first-order valence-electron chi connectivity index (χ1n) is 35.8. The van der Waals surface area contributed by atoms with Crippen molar-refractivity contribution in [3.05, 3.63) is 60.8 Å². The Balaban J connectivity index is 4.21. The van der Waals surface area contributed by atoms with Crippen molar-refractivity contribution in [1.29, 1.82) is 0 Å². The molecule has 0 radical (unpaired) electrons. The molecule has 0 saturated carbocycles. The maximum Gasteiger partial charge on any atom is 0.306 e. The minimum absolute atomic E-state index is 0.0921. The lowest BCUT2D eigenvalue weighted by molar-refractivity contribution is -0.167. The molecule has 0 aliphatic heterocycles. The molecule has 6 heteroatoms. The van der Waals surface area contributed by atoms with Gasteiger partial charge in [-0.05, 0) is 57.8 Å². The fourth-order valence-electron chi connectivity index (χ4n) is 10.7. The van der Waals surface area contributed by atoms with Gasteiger partial charge in [-0.25, -0.2) is 0 Å². The van der Waals surface area contributed by atoms with E-state index in [1.165, 1.54) is 257 Å². The normalized spacial score (nSPS) is 12.4. The van der Waals surface area contributed by atoms with E-state index in [0.717, 1.165) is 77.0 Å². The van der Waals surface area contributed by atoms with Gasteiger partial charge in [0.15, 0.2) is 6.10 Å². The summed E-state index contributed by atoms with van der Waals surface area (Å²) >= 11 is 0. The Hall–Kier alpha value is -2.89. The Morgan fingerprint density at radius 3 is 0.741 bits per heavy atom. The highest BCUT2D eigenvalue weighted by Crippen LogP contribution is 2.19. The van der Waals surface area contributed by atoms with Crippen LogP contribution in [0, 0.1) is 0 Å². The average Bonchev–Trinajstić information content (AvgIpc) is 3.47. The van der Waals surface area contributed by atoms with E-state index in [0.29, 0.717) is 19.3 Å². The minimum Gasteiger partial charge on any atom is -0.462 e. The van der Waals surface area contributed by atoms with Gasteiger partial charge in [-0.2, -0.15) is 0 Å². The molecule has 472 valence electrons. The zero-order chi connectivity index (χ0) is 58.5. The van der Waals surface area contributed by atoms with Crippen molar-refractivity contribution in [3.8, 4) is 0 Å². The van der Waals surface area contributed by atoms with E-state index in [2.05, 4.69) is 81.5 Å². The molecular formula is C75H136O6. The molecule has 0 N–H and O–H groups in total. The summed E-state index contributed by atoms with van der Waals surface area (Å²) in [5.41, 5.74) is 0. The van der Waals surface area contributed by atoms with Crippen LogP contribution in [0.3, 0.4) is 0 Å². The smallest absolute Gasteiger partial charge is 0.306 e. The largest absolute Gasteiger partial charge is 0.462 e. The van der Waals surface area contributed by atoms with E-state index in [-0.39, 0.29) is 37.5 Å². The Labute approximate surface area is 504 Å². The van der Waals surface area contributed by atoms with Crippen molar-refractivity contribution in [1.82, 2.24) is 0 Å². The first-order valence-corrected chi connectivity index (χ1v) is 35.8. The fourth-order valence-corrected chi connectivity index (χ4v) is 10.7. The lowest BCUT2D eigenvalue weighted by Gasteiger charge is -2.18. The van der Waals surface area contributed by atoms with Crippen molar-refractivity contribution < 1.29 is 28.6 Å². The number of carbonyl (C=O) groups excluding carboxylic acids is 3. The Morgan fingerprint density at radius 2 is 0.481 bits per heavy atom. The number of unbranched alkanes of at least 4 members (excludes halogenated alkanes) is 45. The molecule has 1 unspecified atom stereocenters. The highest BCUT2D eigenvalue weighted by Gasteiger charge is 2.19. The summed E-state index contributed by atoms with van der Waals surface area (Å²) in [5.74, 6) is -0.927. The molecule has 0 aromatic carbocycles. The van der Waals surface area contributed by atoms with Gasteiger partial charge in [0.2, 0.25) is 0 Å². The summed E-state index contributed by atoms with van der Waals surface area (Å²) in [7, 11) is 0. The zero-order valence-corrected chi connectivity index (χ0v) is 54.3. The zero-order valence-electron chi connectivity index (χ0n) is 54.3. The number of rotatable bonds is 66. The van der Waals surface area contributed by atoms with Crippen LogP contribution in [0.2, 0.25) is 0 Å².